The number of carbonyl (C=O) groups is 2. The summed E-state index contributed by atoms with van der Waals surface area (Å²) in [4.78, 5) is 26.4. The highest BCUT2D eigenvalue weighted by molar-refractivity contribution is 9.10. The predicted octanol–water partition coefficient (Wildman–Crippen LogP) is 3.01. The van der Waals surface area contributed by atoms with E-state index in [1.54, 1.807) is 20.8 Å². The zero-order valence-electron chi connectivity index (χ0n) is 16.4. The van der Waals surface area contributed by atoms with Crippen LogP contribution in [0.5, 0.6) is 0 Å². The Morgan fingerprint density at radius 1 is 1.29 bits per heavy atom. The number of amides is 1. The smallest absolute Gasteiger partial charge is 0.410 e. The molecule has 2 fully saturated rings. The Hall–Kier alpha value is -2.11. The fourth-order valence-electron chi connectivity index (χ4n) is 4.03. The fraction of sp³-hybridized carbons (Fsp3) is 0.550. The molecule has 1 spiro atoms. The third-order valence-electron chi connectivity index (χ3n) is 5.30. The molecule has 0 unspecified atom stereocenters. The van der Waals surface area contributed by atoms with Crippen molar-refractivity contribution in [3.05, 3.63) is 34.3 Å². The summed E-state index contributed by atoms with van der Waals surface area (Å²) in [6, 6.07) is 9.01. The van der Waals surface area contributed by atoms with Crippen molar-refractivity contribution < 1.29 is 19.1 Å². The van der Waals surface area contributed by atoms with Gasteiger partial charge in [-0.3, -0.25) is 10.1 Å². The monoisotopic (exact) mass is 449 g/mol. The molecule has 1 amide bonds. The topological polar surface area (TPSA) is 91.7 Å². The summed E-state index contributed by atoms with van der Waals surface area (Å²) in [5.41, 5.74) is -0.406. The fourth-order valence-corrected chi connectivity index (χ4v) is 4.30. The number of halogens is 1. The van der Waals surface area contributed by atoms with Gasteiger partial charge in [-0.1, -0.05) is 28.1 Å². The predicted molar refractivity (Wildman–Crippen MR) is 105 cm³/mol. The number of hydrogen-bond acceptors (Lipinski definition) is 6. The van der Waals surface area contributed by atoms with Crippen LogP contribution in [0, 0.1) is 22.7 Å². The van der Waals surface area contributed by atoms with Gasteiger partial charge in [0.15, 0.2) is 0 Å². The summed E-state index contributed by atoms with van der Waals surface area (Å²) >= 11 is 3.41. The van der Waals surface area contributed by atoms with Crippen LogP contribution in [0.4, 0.5) is 4.79 Å². The number of hydrogen-bond donors (Lipinski definition) is 1. The van der Waals surface area contributed by atoms with Crippen molar-refractivity contribution in [3.63, 3.8) is 0 Å². The van der Waals surface area contributed by atoms with Crippen molar-refractivity contribution in [1.82, 2.24) is 10.2 Å². The van der Waals surface area contributed by atoms with E-state index in [9.17, 15) is 14.9 Å². The molecule has 0 saturated carbocycles. The molecule has 3 rings (SSSR count). The molecule has 150 valence electrons. The molecule has 2 heterocycles. The minimum atomic E-state index is -0.712. The Balaban J connectivity index is 1.88. The SMILES string of the molecule is COC(=O)[C@H]1N[C@@H](c2ccc(Br)cc2)[C@H](C#N)C12CN(C(=O)OC(C)(C)C)C2. The molecule has 0 radical (unpaired) electrons. The molecule has 0 aliphatic carbocycles. The Kier molecular flexibility index (Phi) is 5.43. The number of nitriles is 1. The first-order valence-corrected chi connectivity index (χ1v) is 9.87. The quantitative estimate of drug-likeness (QED) is 0.697. The van der Waals surface area contributed by atoms with Gasteiger partial charge in [-0.05, 0) is 38.5 Å². The van der Waals surface area contributed by atoms with Crippen LogP contribution in [0.15, 0.2) is 28.7 Å². The van der Waals surface area contributed by atoms with Gasteiger partial charge < -0.3 is 14.4 Å². The molecule has 1 N–H and O–H groups in total. The number of benzene rings is 1. The highest BCUT2D eigenvalue weighted by Crippen LogP contribution is 2.52. The van der Waals surface area contributed by atoms with E-state index in [4.69, 9.17) is 9.47 Å². The Labute approximate surface area is 173 Å². The minimum absolute atomic E-state index is 0.264. The Morgan fingerprint density at radius 3 is 2.39 bits per heavy atom. The van der Waals surface area contributed by atoms with Gasteiger partial charge in [-0.25, -0.2) is 4.79 Å². The van der Waals surface area contributed by atoms with Crippen LogP contribution in [-0.4, -0.2) is 48.8 Å². The summed E-state index contributed by atoms with van der Waals surface area (Å²) < 4.78 is 11.3. The summed E-state index contributed by atoms with van der Waals surface area (Å²) in [5.74, 6) is -0.917. The summed E-state index contributed by atoms with van der Waals surface area (Å²) in [7, 11) is 1.33. The molecule has 28 heavy (non-hydrogen) atoms. The largest absolute Gasteiger partial charge is 0.468 e. The molecule has 2 aliphatic rings. The van der Waals surface area contributed by atoms with Gasteiger partial charge in [-0.2, -0.15) is 5.26 Å². The second-order valence-corrected chi connectivity index (χ2v) is 9.24. The van der Waals surface area contributed by atoms with Gasteiger partial charge in [0.2, 0.25) is 0 Å². The first-order chi connectivity index (χ1) is 13.1. The van der Waals surface area contributed by atoms with Crippen molar-refractivity contribution in [3.8, 4) is 6.07 Å². The average Bonchev–Trinajstić information content (AvgIpc) is 2.94. The lowest BCUT2D eigenvalue weighted by atomic mass is 9.65. The van der Waals surface area contributed by atoms with Crippen molar-refractivity contribution >= 4 is 28.0 Å². The van der Waals surface area contributed by atoms with Crippen molar-refractivity contribution in [2.45, 2.75) is 38.5 Å². The van der Waals surface area contributed by atoms with Crippen LogP contribution in [0.3, 0.4) is 0 Å². The van der Waals surface area contributed by atoms with Crippen molar-refractivity contribution in [2.75, 3.05) is 20.2 Å². The van der Waals surface area contributed by atoms with E-state index < -0.39 is 35.0 Å². The van der Waals surface area contributed by atoms with E-state index >= 15 is 0 Å². The van der Waals surface area contributed by atoms with Gasteiger partial charge in [0.1, 0.15) is 11.6 Å². The molecule has 2 saturated heterocycles. The first-order valence-electron chi connectivity index (χ1n) is 9.08. The Bertz CT molecular complexity index is 806. The summed E-state index contributed by atoms with van der Waals surface area (Å²) in [5, 5.41) is 13.2. The van der Waals surface area contributed by atoms with Crippen LogP contribution in [0.1, 0.15) is 32.4 Å². The lowest BCUT2D eigenvalue weighted by Crippen LogP contribution is -2.67. The van der Waals surface area contributed by atoms with Crippen LogP contribution in [-0.2, 0) is 14.3 Å². The number of esters is 1. The zero-order chi connectivity index (χ0) is 20.7. The van der Waals surface area contributed by atoms with Crippen molar-refractivity contribution in [2.24, 2.45) is 11.3 Å². The second kappa shape index (κ2) is 7.37. The standard InChI is InChI=1S/C20H24BrN3O4/c1-19(2,3)28-18(26)24-10-20(11-24)14(9-22)15(23-16(20)17(25)27-4)12-5-7-13(21)8-6-12/h5-8,14-16,23H,10-11H2,1-4H3/t14-,15-,16+/m0/s1. The van der Waals surface area contributed by atoms with Crippen LogP contribution < -0.4 is 5.32 Å². The minimum Gasteiger partial charge on any atom is -0.468 e. The number of ether oxygens (including phenoxy) is 2. The molecule has 2 aliphatic heterocycles. The van der Waals surface area contributed by atoms with Crippen LogP contribution >= 0.6 is 15.9 Å². The van der Waals surface area contributed by atoms with Gasteiger partial charge in [-0.15, -0.1) is 0 Å². The molecular formula is C20H24BrN3O4. The Morgan fingerprint density at radius 2 is 1.89 bits per heavy atom. The molecule has 0 bridgehead atoms. The average molecular weight is 450 g/mol. The van der Waals surface area contributed by atoms with E-state index in [-0.39, 0.29) is 19.1 Å². The van der Waals surface area contributed by atoms with Crippen molar-refractivity contribution in [1.29, 1.82) is 5.26 Å². The second-order valence-electron chi connectivity index (χ2n) is 8.33. The number of carbonyl (C=O) groups excluding carboxylic acids is 2. The maximum absolute atomic E-state index is 12.5. The number of rotatable bonds is 2. The van der Waals surface area contributed by atoms with Gasteiger partial charge >= 0.3 is 12.1 Å². The lowest BCUT2D eigenvalue weighted by Gasteiger charge is -2.51. The van der Waals surface area contributed by atoms with E-state index in [0.29, 0.717) is 0 Å². The van der Waals surface area contributed by atoms with E-state index in [1.165, 1.54) is 12.0 Å². The first kappa shape index (κ1) is 20.6. The number of nitrogens with one attached hydrogen (secondary N) is 1. The van der Waals surface area contributed by atoms with E-state index in [1.807, 2.05) is 24.3 Å². The molecule has 0 aromatic heterocycles. The number of methoxy groups -OCH3 is 1. The maximum atomic E-state index is 12.5. The third-order valence-corrected chi connectivity index (χ3v) is 5.83. The zero-order valence-corrected chi connectivity index (χ0v) is 17.9. The molecule has 3 atom stereocenters. The van der Waals surface area contributed by atoms with Gasteiger partial charge in [0, 0.05) is 29.0 Å². The molecular weight excluding hydrogens is 426 g/mol. The van der Waals surface area contributed by atoms with E-state index in [0.717, 1.165) is 10.0 Å². The van der Waals surface area contributed by atoms with Crippen LogP contribution in [0.25, 0.3) is 0 Å². The summed E-state index contributed by atoms with van der Waals surface area (Å²) in [6.45, 7) is 5.93. The van der Waals surface area contributed by atoms with Crippen LogP contribution in [0.2, 0.25) is 0 Å². The highest BCUT2D eigenvalue weighted by Gasteiger charge is 2.65. The molecule has 1 aromatic rings. The molecule has 1 aromatic carbocycles. The summed E-state index contributed by atoms with van der Waals surface area (Å²) in [6.07, 6.45) is -0.439. The van der Waals surface area contributed by atoms with E-state index in [2.05, 4.69) is 27.3 Å². The third kappa shape index (κ3) is 3.61. The molecule has 8 heteroatoms. The van der Waals surface area contributed by atoms with Gasteiger partial charge in [0.25, 0.3) is 0 Å². The lowest BCUT2D eigenvalue weighted by molar-refractivity contribution is -0.150. The highest BCUT2D eigenvalue weighted by atomic mass is 79.9. The van der Waals surface area contributed by atoms with Gasteiger partial charge in [0.05, 0.1) is 19.1 Å². The normalized spacial score (nSPS) is 25.7. The maximum Gasteiger partial charge on any atom is 0.410 e. The number of likely N-dealkylation sites (tertiary alicyclic amines) is 1. The number of nitrogens with zero attached hydrogens (tertiary/aromatic N) is 2. The molecule has 7 nitrogen and oxygen atoms in total.